The molecule has 0 unspecified atom stereocenters. The van der Waals surface area contributed by atoms with E-state index in [1.807, 2.05) is 0 Å². The van der Waals surface area contributed by atoms with Crippen LogP contribution in [0.5, 0.6) is 0 Å². The largest absolute Gasteiger partial charge is 0.428 e. The predicted octanol–water partition coefficient (Wildman–Crippen LogP) is 6.72. The molecule has 2 N–H and O–H groups in total. The van der Waals surface area contributed by atoms with Gasteiger partial charge in [-0.15, -0.1) is 0 Å². The third kappa shape index (κ3) is 4.26. The first-order chi connectivity index (χ1) is 18.8. The molecule has 2 saturated heterocycles. The van der Waals surface area contributed by atoms with Crippen molar-refractivity contribution < 1.29 is 98.1 Å². The maximum absolute atomic E-state index is 14.3. The van der Waals surface area contributed by atoms with Crippen LogP contribution in [0.1, 0.15) is 0 Å². The van der Waals surface area contributed by atoms with Crippen LogP contribution in [-0.2, 0) is 19.1 Å². The van der Waals surface area contributed by atoms with Crippen molar-refractivity contribution in [2.45, 2.75) is 59.5 Å². The van der Waals surface area contributed by atoms with E-state index < -0.39 is 87.1 Å². The van der Waals surface area contributed by atoms with Crippen LogP contribution in [0.25, 0.3) is 0 Å². The lowest BCUT2D eigenvalue weighted by Crippen LogP contribution is -2.63. The van der Waals surface area contributed by atoms with Crippen LogP contribution in [0, 0.1) is 0 Å². The summed E-state index contributed by atoms with van der Waals surface area (Å²) in [6, 6.07) is 0.585. The molecule has 6 nitrogen and oxygen atoms in total. The second kappa shape index (κ2) is 9.17. The van der Waals surface area contributed by atoms with Crippen molar-refractivity contribution in [2.75, 3.05) is 10.6 Å². The molecule has 0 aromatic heterocycles. The Balaban J connectivity index is 1.91. The highest BCUT2D eigenvalue weighted by molar-refractivity contribution is 9.10. The Morgan fingerprint density at radius 3 is 1.07 bits per heavy atom. The van der Waals surface area contributed by atoms with Gasteiger partial charge in [-0.25, -0.2) is 0 Å². The Labute approximate surface area is 230 Å². The molecule has 1 aromatic rings. The number of anilines is 2. The van der Waals surface area contributed by atoms with Gasteiger partial charge in [0.25, 0.3) is 0 Å². The van der Waals surface area contributed by atoms with Gasteiger partial charge in [0.1, 0.15) is 0 Å². The Morgan fingerprint density at radius 1 is 0.558 bits per heavy atom. The van der Waals surface area contributed by atoms with Crippen molar-refractivity contribution in [1.82, 2.24) is 0 Å². The number of ether oxygens (including phenoxy) is 2. The summed E-state index contributed by atoms with van der Waals surface area (Å²) in [6.45, 7) is 0. The average molecular weight is 735 g/mol. The molecule has 25 heteroatoms. The smallest absolute Gasteiger partial charge is 0.321 e. The van der Waals surface area contributed by atoms with Crippen molar-refractivity contribution in [3.8, 4) is 0 Å². The second-order valence-corrected chi connectivity index (χ2v) is 9.43. The summed E-state index contributed by atoms with van der Waals surface area (Å²) < 4.78 is 249. The van der Waals surface area contributed by atoms with Crippen molar-refractivity contribution in [2.24, 2.45) is 0 Å². The molecular weight excluding hydrogens is 730 g/mol. The molecule has 2 atom stereocenters. The van der Waals surface area contributed by atoms with Crippen molar-refractivity contribution >= 4 is 39.1 Å². The molecule has 0 radical (unpaired) electrons. The first-order valence-corrected chi connectivity index (χ1v) is 10.8. The van der Waals surface area contributed by atoms with Crippen LogP contribution in [-0.4, -0.2) is 71.3 Å². The zero-order valence-electron chi connectivity index (χ0n) is 19.0. The monoisotopic (exact) mass is 734 g/mol. The normalized spacial score (nSPS) is 30.1. The maximum Gasteiger partial charge on any atom is 0.428 e. The number of nitrogens with one attached hydrogen (secondary N) is 2. The Bertz CT molecular complexity index is 1260. The third-order valence-electron chi connectivity index (χ3n) is 5.66. The lowest BCUT2D eigenvalue weighted by molar-refractivity contribution is -0.366. The molecule has 0 spiro atoms. The minimum absolute atomic E-state index is 0.0732. The highest BCUT2D eigenvalue weighted by Gasteiger charge is 2.97. The summed E-state index contributed by atoms with van der Waals surface area (Å²) in [5.74, 6) is -61.9. The van der Waals surface area contributed by atoms with Crippen LogP contribution >= 0.6 is 15.9 Å². The first kappa shape index (κ1) is 34.8. The lowest BCUT2D eigenvalue weighted by Gasteiger charge is -2.32. The molecular formula is C18H5BrF18N2O4. The highest BCUT2D eigenvalue weighted by Crippen LogP contribution is 2.66. The topological polar surface area (TPSA) is 76.7 Å². The van der Waals surface area contributed by atoms with E-state index in [9.17, 15) is 88.6 Å². The number of alkyl halides is 18. The second-order valence-electron chi connectivity index (χ2n) is 8.51. The zero-order valence-corrected chi connectivity index (χ0v) is 20.6. The van der Waals surface area contributed by atoms with Crippen molar-refractivity contribution in [3.05, 3.63) is 22.7 Å². The summed E-state index contributed by atoms with van der Waals surface area (Å²) in [7, 11) is 0. The highest BCUT2D eigenvalue weighted by atomic mass is 79.9. The Morgan fingerprint density at radius 2 is 0.837 bits per heavy atom. The van der Waals surface area contributed by atoms with E-state index in [2.05, 4.69) is 25.4 Å². The number of carbonyl (C=O) groups is 2. The third-order valence-corrected chi connectivity index (χ3v) is 6.11. The van der Waals surface area contributed by atoms with Gasteiger partial charge in [-0.05, 0) is 18.2 Å². The van der Waals surface area contributed by atoms with E-state index >= 15 is 0 Å². The fourth-order valence-corrected chi connectivity index (χ4v) is 3.84. The number of halogens is 19. The SMILES string of the molecule is O=C(Nc1cc(Br)cc(NC(=O)C(F)(F)[C@@]2(F)OC(F)(F)C(F)(F)C2(F)F)c1)C(F)(F)[C@]1(F)OC(F)(F)C(F)(F)C1(F)F. The molecule has 244 valence electrons. The van der Waals surface area contributed by atoms with Crippen LogP contribution in [0.3, 0.4) is 0 Å². The molecule has 2 amide bonds. The van der Waals surface area contributed by atoms with Gasteiger partial charge in [0, 0.05) is 15.8 Å². The van der Waals surface area contributed by atoms with Gasteiger partial charge in [0.2, 0.25) is 0 Å². The first-order valence-electron chi connectivity index (χ1n) is 10.0. The van der Waals surface area contributed by atoms with E-state index in [-0.39, 0.29) is 6.07 Å². The molecule has 2 heterocycles. The van der Waals surface area contributed by atoms with E-state index in [1.165, 1.54) is 0 Å². The van der Waals surface area contributed by atoms with Crippen LogP contribution in [0.4, 0.5) is 90.4 Å². The van der Waals surface area contributed by atoms with E-state index in [1.54, 1.807) is 0 Å². The predicted molar refractivity (Wildman–Crippen MR) is 101 cm³/mol. The Hall–Kier alpha value is -2.70. The number of hydrogen-bond donors (Lipinski definition) is 2. The number of rotatable bonds is 6. The van der Waals surface area contributed by atoms with Crippen molar-refractivity contribution in [1.29, 1.82) is 0 Å². The minimum atomic E-state index is -7.10. The number of carbonyl (C=O) groups excluding carboxylic acids is 2. The molecule has 0 aliphatic carbocycles. The molecule has 0 saturated carbocycles. The van der Waals surface area contributed by atoms with Gasteiger partial charge in [0.05, 0.1) is 0 Å². The van der Waals surface area contributed by atoms with E-state index in [0.29, 0.717) is 12.1 Å². The maximum atomic E-state index is 14.3. The van der Waals surface area contributed by atoms with Crippen LogP contribution in [0.15, 0.2) is 22.7 Å². The Kier molecular flexibility index (Phi) is 7.42. The quantitative estimate of drug-likeness (QED) is 0.319. The summed E-state index contributed by atoms with van der Waals surface area (Å²) in [5.41, 5.74) is -2.81. The average Bonchev–Trinajstić information content (AvgIpc) is 2.98. The summed E-state index contributed by atoms with van der Waals surface area (Å²) in [4.78, 5) is 23.7. The molecule has 0 bridgehead atoms. The molecule has 2 aliphatic rings. The fraction of sp³-hybridized carbons (Fsp3) is 0.556. The zero-order chi connectivity index (χ0) is 33.8. The van der Waals surface area contributed by atoms with Crippen molar-refractivity contribution in [3.63, 3.8) is 0 Å². The van der Waals surface area contributed by atoms with Crippen LogP contribution in [0.2, 0.25) is 0 Å². The van der Waals surface area contributed by atoms with Gasteiger partial charge >= 0.3 is 71.3 Å². The fourth-order valence-electron chi connectivity index (χ4n) is 3.35. The molecule has 2 aliphatic heterocycles. The summed E-state index contributed by atoms with van der Waals surface area (Å²) >= 11 is 2.43. The molecule has 3 rings (SSSR count). The minimum Gasteiger partial charge on any atom is -0.321 e. The standard InChI is InChI=1S/C18H5BrF18N2O4/c19-4-1-5(38-7(40)9(20,21)15(32)11(24,25)13(28,29)17(34,35)42-15)3-6(2-4)39-8(41)10(22,23)16(33)12(26,27)14(30,31)18(36,37)43-16/h1-3H,(H,38,40)(H,39,41)/t15-,16+. The molecule has 1 aromatic carbocycles. The van der Waals surface area contributed by atoms with Gasteiger partial charge in [-0.1, -0.05) is 15.9 Å². The molecule has 43 heavy (non-hydrogen) atoms. The number of benzene rings is 1. The van der Waals surface area contributed by atoms with E-state index in [0.717, 1.165) is 10.6 Å². The van der Waals surface area contributed by atoms with Gasteiger partial charge in [-0.3, -0.25) is 19.1 Å². The molecule has 2 fully saturated rings. The number of amides is 2. The van der Waals surface area contributed by atoms with Gasteiger partial charge < -0.3 is 10.6 Å². The summed E-state index contributed by atoms with van der Waals surface area (Å²) in [6.07, 6.45) is -13.2. The summed E-state index contributed by atoms with van der Waals surface area (Å²) in [5, 5.41) is 1.50. The number of hydrogen-bond acceptors (Lipinski definition) is 4. The van der Waals surface area contributed by atoms with Gasteiger partial charge in [-0.2, -0.15) is 79.0 Å². The van der Waals surface area contributed by atoms with E-state index in [4.69, 9.17) is 0 Å². The van der Waals surface area contributed by atoms with Gasteiger partial charge in [0.15, 0.2) is 0 Å². The lowest BCUT2D eigenvalue weighted by atomic mass is 9.99. The van der Waals surface area contributed by atoms with Crippen LogP contribution < -0.4 is 10.6 Å².